The maximum atomic E-state index is 13.8. The van der Waals surface area contributed by atoms with Gasteiger partial charge in [0.05, 0.1) is 6.61 Å². The Labute approximate surface area is 157 Å². The number of halogens is 2. The molecule has 0 spiro atoms. The molecule has 1 aliphatic rings. The molecule has 0 aromatic heterocycles. The molecule has 146 valence electrons. The summed E-state index contributed by atoms with van der Waals surface area (Å²) in [5, 5.41) is 9.47. The monoisotopic (exact) mass is 396 g/mol. The minimum absolute atomic E-state index is 0.00699. The average Bonchev–Trinajstić information content (AvgIpc) is 3.08. The van der Waals surface area contributed by atoms with Crippen molar-refractivity contribution in [1.29, 1.82) is 0 Å². The largest absolute Gasteiger partial charge is 0.395 e. The first-order chi connectivity index (χ1) is 12.9. The lowest BCUT2D eigenvalue weighted by atomic mass is 10.1. The predicted octanol–water partition coefficient (Wildman–Crippen LogP) is 2.40. The van der Waals surface area contributed by atoms with E-state index < -0.39 is 26.6 Å². The van der Waals surface area contributed by atoms with Crippen LogP contribution in [0.15, 0.2) is 47.4 Å². The highest BCUT2D eigenvalue weighted by Gasteiger charge is 2.25. The van der Waals surface area contributed by atoms with Gasteiger partial charge in [-0.2, -0.15) is 0 Å². The van der Waals surface area contributed by atoms with Gasteiger partial charge in [0.25, 0.3) is 0 Å². The number of hydrogen-bond acceptors (Lipinski definition) is 4. The van der Waals surface area contributed by atoms with Crippen LogP contribution in [0.2, 0.25) is 0 Å². The number of aliphatic hydroxyl groups excluding tert-OH is 1. The van der Waals surface area contributed by atoms with Gasteiger partial charge < -0.3 is 5.11 Å². The van der Waals surface area contributed by atoms with Crippen LogP contribution in [0.25, 0.3) is 0 Å². The van der Waals surface area contributed by atoms with Crippen molar-refractivity contribution in [2.75, 3.05) is 13.2 Å². The van der Waals surface area contributed by atoms with Gasteiger partial charge in [-0.25, -0.2) is 21.9 Å². The minimum atomic E-state index is -4.11. The third-order valence-electron chi connectivity index (χ3n) is 4.84. The van der Waals surface area contributed by atoms with Gasteiger partial charge >= 0.3 is 0 Å². The first-order valence-corrected chi connectivity index (χ1v) is 10.3. The smallest absolute Gasteiger partial charge is 0.243 e. The standard InChI is InChI=1S/C19H22F2N2O3S/c20-16-7-8-19(18(21)10-16)27(25,26)22-11-14-4-1-2-5-15(14)12-23-9-3-6-17(23)13-24/h1-2,4-5,7-8,10,17,22,24H,3,6,9,11-13H2/t17-/m0/s1. The Morgan fingerprint density at radius 1 is 1.15 bits per heavy atom. The summed E-state index contributed by atoms with van der Waals surface area (Å²) < 4.78 is 54.0. The van der Waals surface area contributed by atoms with E-state index in [0.717, 1.165) is 42.6 Å². The van der Waals surface area contributed by atoms with Crippen molar-refractivity contribution in [3.8, 4) is 0 Å². The van der Waals surface area contributed by atoms with Crippen molar-refractivity contribution in [3.63, 3.8) is 0 Å². The average molecular weight is 396 g/mol. The molecule has 2 aromatic carbocycles. The van der Waals surface area contributed by atoms with Crippen LogP contribution in [-0.2, 0) is 23.1 Å². The fourth-order valence-electron chi connectivity index (χ4n) is 3.36. The maximum Gasteiger partial charge on any atom is 0.243 e. The summed E-state index contributed by atoms with van der Waals surface area (Å²) >= 11 is 0. The molecule has 1 saturated heterocycles. The van der Waals surface area contributed by atoms with Gasteiger partial charge in [0, 0.05) is 25.2 Å². The molecule has 2 aromatic rings. The van der Waals surface area contributed by atoms with Crippen molar-refractivity contribution in [2.45, 2.75) is 36.9 Å². The zero-order valence-corrected chi connectivity index (χ0v) is 15.6. The number of sulfonamides is 1. The van der Waals surface area contributed by atoms with Crippen LogP contribution in [-0.4, -0.2) is 37.6 Å². The van der Waals surface area contributed by atoms with Crippen LogP contribution in [0.1, 0.15) is 24.0 Å². The van der Waals surface area contributed by atoms with Gasteiger partial charge in [-0.3, -0.25) is 4.90 Å². The van der Waals surface area contributed by atoms with Crippen LogP contribution >= 0.6 is 0 Å². The van der Waals surface area contributed by atoms with Crippen LogP contribution in [0.3, 0.4) is 0 Å². The molecule has 1 heterocycles. The second kappa shape index (κ2) is 8.43. The van der Waals surface area contributed by atoms with Crippen molar-refractivity contribution >= 4 is 10.0 Å². The summed E-state index contributed by atoms with van der Waals surface area (Å²) in [6, 6.07) is 9.88. The number of nitrogens with zero attached hydrogens (tertiary/aromatic N) is 1. The fraction of sp³-hybridized carbons (Fsp3) is 0.368. The second-order valence-electron chi connectivity index (χ2n) is 6.62. The number of aliphatic hydroxyl groups is 1. The number of likely N-dealkylation sites (tertiary alicyclic amines) is 1. The maximum absolute atomic E-state index is 13.8. The van der Waals surface area contributed by atoms with E-state index in [1.807, 2.05) is 18.2 Å². The summed E-state index contributed by atoms with van der Waals surface area (Å²) in [6.07, 6.45) is 1.96. The normalized spacial score (nSPS) is 18.1. The van der Waals surface area contributed by atoms with Crippen molar-refractivity contribution in [2.24, 2.45) is 0 Å². The lowest BCUT2D eigenvalue weighted by Gasteiger charge is -2.24. The Bertz CT molecular complexity index is 906. The fourth-order valence-corrected chi connectivity index (χ4v) is 4.42. The van der Waals surface area contributed by atoms with Gasteiger partial charge in [-0.1, -0.05) is 24.3 Å². The SMILES string of the molecule is O=S(=O)(NCc1ccccc1CN1CCC[C@H]1CO)c1ccc(F)cc1F. The van der Waals surface area contributed by atoms with Crippen LogP contribution in [0, 0.1) is 11.6 Å². The quantitative estimate of drug-likeness (QED) is 0.754. The van der Waals surface area contributed by atoms with Gasteiger partial charge in [-0.05, 0) is 42.6 Å². The molecule has 3 rings (SSSR count). The van der Waals surface area contributed by atoms with E-state index in [0.29, 0.717) is 12.6 Å². The summed E-state index contributed by atoms with van der Waals surface area (Å²) in [6.45, 7) is 1.58. The summed E-state index contributed by atoms with van der Waals surface area (Å²) in [5.41, 5.74) is 1.72. The molecule has 0 amide bonds. The number of rotatable bonds is 7. The van der Waals surface area contributed by atoms with E-state index in [4.69, 9.17) is 0 Å². The summed E-state index contributed by atoms with van der Waals surface area (Å²) in [4.78, 5) is 1.59. The van der Waals surface area contributed by atoms with Crippen LogP contribution in [0.5, 0.6) is 0 Å². The molecule has 1 fully saturated rings. The predicted molar refractivity (Wildman–Crippen MR) is 97.3 cm³/mol. The molecule has 0 saturated carbocycles. The minimum Gasteiger partial charge on any atom is -0.395 e. The van der Waals surface area contributed by atoms with Gasteiger partial charge in [-0.15, -0.1) is 0 Å². The van der Waals surface area contributed by atoms with Crippen molar-refractivity contribution < 1.29 is 22.3 Å². The first-order valence-electron chi connectivity index (χ1n) is 8.77. The highest BCUT2D eigenvalue weighted by Crippen LogP contribution is 2.22. The molecule has 27 heavy (non-hydrogen) atoms. The number of hydrogen-bond donors (Lipinski definition) is 2. The van der Waals surface area contributed by atoms with Gasteiger partial charge in [0.1, 0.15) is 16.5 Å². The summed E-state index contributed by atoms with van der Waals surface area (Å²) in [7, 11) is -4.11. The molecular formula is C19H22F2N2O3S. The third-order valence-corrected chi connectivity index (χ3v) is 6.27. The van der Waals surface area contributed by atoms with E-state index in [1.54, 1.807) is 6.07 Å². The van der Waals surface area contributed by atoms with Gasteiger partial charge in [0.2, 0.25) is 10.0 Å². The molecule has 5 nitrogen and oxygen atoms in total. The van der Waals surface area contributed by atoms with Gasteiger partial charge in [0.15, 0.2) is 0 Å². The molecule has 0 bridgehead atoms. The lowest BCUT2D eigenvalue weighted by Crippen LogP contribution is -2.32. The Morgan fingerprint density at radius 3 is 2.59 bits per heavy atom. The Morgan fingerprint density at radius 2 is 1.89 bits per heavy atom. The van der Waals surface area contributed by atoms with E-state index in [-0.39, 0.29) is 19.2 Å². The topological polar surface area (TPSA) is 69.6 Å². The lowest BCUT2D eigenvalue weighted by molar-refractivity contribution is 0.153. The summed E-state index contributed by atoms with van der Waals surface area (Å²) in [5.74, 6) is -1.96. The molecule has 1 aliphatic heterocycles. The molecular weight excluding hydrogens is 374 g/mol. The number of benzene rings is 2. The highest BCUT2D eigenvalue weighted by atomic mass is 32.2. The van der Waals surface area contributed by atoms with Crippen LogP contribution < -0.4 is 4.72 Å². The third kappa shape index (κ3) is 4.70. The zero-order valence-electron chi connectivity index (χ0n) is 14.7. The van der Waals surface area contributed by atoms with Crippen molar-refractivity contribution in [3.05, 3.63) is 65.2 Å². The van der Waals surface area contributed by atoms with E-state index >= 15 is 0 Å². The number of nitrogens with one attached hydrogen (secondary N) is 1. The van der Waals surface area contributed by atoms with Crippen LogP contribution in [0.4, 0.5) is 8.78 Å². The Kier molecular flexibility index (Phi) is 6.21. The first kappa shape index (κ1) is 19.9. The second-order valence-corrected chi connectivity index (χ2v) is 8.35. The highest BCUT2D eigenvalue weighted by molar-refractivity contribution is 7.89. The molecule has 1 atom stereocenters. The Hall–Kier alpha value is -1.87. The molecule has 0 unspecified atom stereocenters. The molecule has 8 heteroatoms. The molecule has 2 N–H and O–H groups in total. The van der Waals surface area contributed by atoms with E-state index in [9.17, 15) is 22.3 Å². The Balaban J connectivity index is 1.74. The van der Waals surface area contributed by atoms with Crippen molar-refractivity contribution in [1.82, 2.24) is 9.62 Å². The van der Waals surface area contributed by atoms with E-state index in [2.05, 4.69) is 9.62 Å². The molecule has 0 aliphatic carbocycles. The molecule has 0 radical (unpaired) electrons. The zero-order chi connectivity index (χ0) is 19.4. The van der Waals surface area contributed by atoms with E-state index in [1.165, 1.54) is 0 Å².